The van der Waals surface area contributed by atoms with E-state index >= 15 is 0 Å². The molecule has 0 spiro atoms. The Hall–Kier alpha value is -3.91. The molecule has 0 radical (unpaired) electrons. The Morgan fingerprint density at radius 3 is 2.32 bits per heavy atom. The zero-order chi connectivity index (χ0) is 24.2. The molecular weight excluding hydrogens is 434 g/mol. The number of amides is 1. The number of likely N-dealkylation sites (N-methyl/N-ethyl adjacent to an activating group) is 1. The van der Waals surface area contributed by atoms with Gasteiger partial charge in [0.25, 0.3) is 5.69 Å². The number of nitrogens with zero attached hydrogens (tertiary/aromatic N) is 3. The first-order valence-corrected chi connectivity index (χ1v) is 11.0. The van der Waals surface area contributed by atoms with Crippen LogP contribution in [0.4, 0.5) is 11.4 Å². The summed E-state index contributed by atoms with van der Waals surface area (Å²) in [5, 5.41) is 10.9. The Balaban J connectivity index is 1.64. The minimum absolute atomic E-state index is 0.00856. The number of nitro groups is 1. The smallest absolute Gasteiger partial charge is 0.269 e. The molecule has 1 unspecified atom stereocenters. The number of rotatable bonds is 7. The molecule has 3 aromatic carbocycles. The number of fused-ring (bicyclic) bond motifs is 1. The van der Waals surface area contributed by atoms with Crippen LogP contribution in [0.2, 0.25) is 0 Å². The first-order chi connectivity index (χ1) is 16.4. The number of carbonyl (C=O) groups is 1. The van der Waals surface area contributed by atoms with Crippen LogP contribution < -0.4 is 14.4 Å². The Labute approximate surface area is 198 Å². The molecule has 3 aromatic rings. The van der Waals surface area contributed by atoms with Crippen molar-refractivity contribution in [2.45, 2.75) is 12.5 Å². The Kier molecular flexibility index (Phi) is 6.79. The molecule has 1 atom stereocenters. The maximum atomic E-state index is 13.2. The van der Waals surface area contributed by atoms with Crippen molar-refractivity contribution in [2.75, 3.05) is 39.3 Å². The minimum atomic E-state index is -0.454. The number of hydrogen-bond donors (Lipinski definition) is 0. The standard InChI is InChI=1S/C26H27N3O5/c1-27(20-9-11-21(12-10-20)29(31)32)25(30)17-28-14-13-19-15-23(33-2)24(34-3)16-22(19)26(28)18-7-5-4-6-8-18/h4-12,15-16,26H,13-14,17H2,1-3H3. The van der Waals surface area contributed by atoms with Crippen molar-refractivity contribution in [2.24, 2.45) is 0 Å². The van der Waals surface area contributed by atoms with Crippen LogP contribution in [0.3, 0.4) is 0 Å². The molecule has 4 rings (SSSR count). The summed E-state index contributed by atoms with van der Waals surface area (Å²) in [5.74, 6) is 1.24. The first-order valence-electron chi connectivity index (χ1n) is 11.0. The largest absolute Gasteiger partial charge is 0.493 e. The van der Waals surface area contributed by atoms with E-state index in [1.165, 1.54) is 22.6 Å². The highest BCUT2D eigenvalue weighted by Gasteiger charge is 2.32. The van der Waals surface area contributed by atoms with Crippen LogP contribution >= 0.6 is 0 Å². The fourth-order valence-electron chi connectivity index (χ4n) is 4.42. The van der Waals surface area contributed by atoms with Gasteiger partial charge in [-0.05, 0) is 47.4 Å². The second kappa shape index (κ2) is 9.93. The molecule has 0 bridgehead atoms. The molecular formula is C26H27N3O5. The predicted molar refractivity (Wildman–Crippen MR) is 130 cm³/mol. The van der Waals surface area contributed by atoms with Crippen molar-refractivity contribution in [3.05, 3.63) is 93.5 Å². The average molecular weight is 462 g/mol. The van der Waals surface area contributed by atoms with E-state index in [4.69, 9.17) is 9.47 Å². The second-order valence-electron chi connectivity index (χ2n) is 8.17. The van der Waals surface area contributed by atoms with E-state index in [0.29, 0.717) is 23.7 Å². The van der Waals surface area contributed by atoms with Gasteiger partial charge in [-0.15, -0.1) is 0 Å². The van der Waals surface area contributed by atoms with Crippen LogP contribution in [-0.4, -0.2) is 50.1 Å². The number of anilines is 1. The summed E-state index contributed by atoms with van der Waals surface area (Å²) in [6, 6.07) is 20.0. The van der Waals surface area contributed by atoms with Crippen molar-refractivity contribution in [3.8, 4) is 11.5 Å². The molecule has 0 aliphatic carbocycles. The van der Waals surface area contributed by atoms with E-state index < -0.39 is 4.92 Å². The summed E-state index contributed by atoms with van der Waals surface area (Å²) < 4.78 is 11.1. The molecule has 1 amide bonds. The summed E-state index contributed by atoms with van der Waals surface area (Å²) in [4.78, 5) is 27.4. The van der Waals surface area contributed by atoms with Gasteiger partial charge in [0.15, 0.2) is 11.5 Å². The summed E-state index contributed by atoms with van der Waals surface area (Å²) in [5.41, 5.74) is 3.93. The zero-order valence-corrected chi connectivity index (χ0v) is 19.4. The summed E-state index contributed by atoms with van der Waals surface area (Å²) in [7, 11) is 4.93. The highest BCUT2D eigenvalue weighted by molar-refractivity contribution is 5.94. The minimum Gasteiger partial charge on any atom is -0.493 e. The van der Waals surface area contributed by atoms with Gasteiger partial charge in [-0.25, -0.2) is 0 Å². The summed E-state index contributed by atoms with van der Waals surface area (Å²) >= 11 is 0. The molecule has 0 aromatic heterocycles. The van der Waals surface area contributed by atoms with Crippen LogP contribution in [0.25, 0.3) is 0 Å². The van der Waals surface area contributed by atoms with Gasteiger partial charge in [0.05, 0.1) is 31.7 Å². The fourth-order valence-corrected chi connectivity index (χ4v) is 4.42. The van der Waals surface area contributed by atoms with E-state index in [-0.39, 0.29) is 24.2 Å². The van der Waals surface area contributed by atoms with Gasteiger partial charge >= 0.3 is 0 Å². The molecule has 176 valence electrons. The van der Waals surface area contributed by atoms with Crippen molar-refractivity contribution in [1.29, 1.82) is 0 Å². The van der Waals surface area contributed by atoms with Crippen molar-refractivity contribution < 1.29 is 19.2 Å². The molecule has 8 heteroatoms. The lowest BCUT2D eigenvalue weighted by Gasteiger charge is -2.38. The predicted octanol–water partition coefficient (Wildman–Crippen LogP) is 4.22. The van der Waals surface area contributed by atoms with Gasteiger partial charge in [-0.2, -0.15) is 0 Å². The molecule has 1 aliphatic rings. The lowest BCUT2D eigenvalue weighted by atomic mass is 9.87. The molecule has 0 saturated carbocycles. The van der Waals surface area contributed by atoms with Gasteiger partial charge in [0.1, 0.15) is 0 Å². The van der Waals surface area contributed by atoms with Crippen LogP contribution in [0.5, 0.6) is 11.5 Å². The number of carbonyl (C=O) groups excluding carboxylic acids is 1. The molecule has 34 heavy (non-hydrogen) atoms. The monoisotopic (exact) mass is 461 g/mol. The molecule has 0 saturated heterocycles. The maximum Gasteiger partial charge on any atom is 0.269 e. The molecule has 1 aliphatic heterocycles. The number of nitro benzene ring substituents is 1. The maximum absolute atomic E-state index is 13.2. The average Bonchev–Trinajstić information content (AvgIpc) is 2.87. The van der Waals surface area contributed by atoms with Gasteiger partial charge < -0.3 is 14.4 Å². The molecule has 0 N–H and O–H groups in total. The van der Waals surface area contributed by atoms with Crippen LogP contribution in [0, 0.1) is 10.1 Å². The number of hydrogen-bond acceptors (Lipinski definition) is 6. The van der Waals surface area contributed by atoms with Crippen molar-refractivity contribution in [3.63, 3.8) is 0 Å². The third-order valence-electron chi connectivity index (χ3n) is 6.25. The zero-order valence-electron chi connectivity index (χ0n) is 19.4. The third-order valence-corrected chi connectivity index (χ3v) is 6.25. The lowest BCUT2D eigenvalue weighted by Crippen LogP contribution is -2.43. The van der Waals surface area contributed by atoms with E-state index in [1.807, 2.05) is 30.3 Å². The van der Waals surface area contributed by atoms with E-state index in [0.717, 1.165) is 17.5 Å². The topological polar surface area (TPSA) is 85.2 Å². The Morgan fingerprint density at radius 1 is 1.06 bits per heavy atom. The molecule has 8 nitrogen and oxygen atoms in total. The Bertz CT molecular complexity index is 1180. The van der Waals surface area contributed by atoms with Crippen LogP contribution in [0.1, 0.15) is 22.7 Å². The van der Waals surface area contributed by atoms with Crippen LogP contribution in [0.15, 0.2) is 66.7 Å². The quantitative estimate of drug-likeness (QED) is 0.387. The summed E-state index contributed by atoms with van der Waals surface area (Å²) in [6.07, 6.45) is 0.771. The molecule has 1 heterocycles. The van der Waals surface area contributed by atoms with Gasteiger partial charge in [-0.3, -0.25) is 19.8 Å². The number of benzene rings is 3. The van der Waals surface area contributed by atoms with Gasteiger partial charge in [0, 0.05) is 31.4 Å². The fraction of sp³-hybridized carbons (Fsp3) is 0.269. The van der Waals surface area contributed by atoms with Gasteiger partial charge in [0.2, 0.25) is 5.91 Å². The highest BCUT2D eigenvalue weighted by atomic mass is 16.6. The lowest BCUT2D eigenvalue weighted by molar-refractivity contribution is -0.384. The number of non-ortho nitro benzene ring substituents is 1. The Morgan fingerprint density at radius 2 is 1.71 bits per heavy atom. The van der Waals surface area contributed by atoms with Gasteiger partial charge in [-0.1, -0.05) is 30.3 Å². The van der Waals surface area contributed by atoms with E-state index in [2.05, 4.69) is 17.0 Å². The highest BCUT2D eigenvalue weighted by Crippen LogP contribution is 2.41. The molecule has 0 fully saturated rings. The first kappa shape index (κ1) is 23.3. The summed E-state index contributed by atoms with van der Waals surface area (Å²) in [6.45, 7) is 0.892. The van der Waals surface area contributed by atoms with E-state index in [9.17, 15) is 14.9 Å². The second-order valence-corrected chi connectivity index (χ2v) is 8.17. The van der Waals surface area contributed by atoms with E-state index in [1.54, 1.807) is 33.4 Å². The number of ether oxygens (including phenoxy) is 2. The normalized spacial score (nSPS) is 15.3. The van der Waals surface area contributed by atoms with Crippen molar-refractivity contribution >= 4 is 17.3 Å². The number of methoxy groups -OCH3 is 2. The van der Waals surface area contributed by atoms with Crippen LogP contribution in [-0.2, 0) is 11.2 Å². The van der Waals surface area contributed by atoms with Crippen molar-refractivity contribution in [1.82, 2.24) is 4.90 Å². The SMILES string of the molecule is COc1cc2c(cc1OC)C(c1ccccc1)N(CC(=O)N(C)c1ccc([N+](=O)[O-])cc1)CC2. The third kappa shape index (κ3) is 4.58.